The quantitative estimate of drug-likeness (QED) is 0.881. The molecule has 27 heavy (non-hydrogen) atoms. The molecule has 5 nitrogen and oxygen atoms in total. The number of hydrogen-bond donors (Lipinski definition) is 1. The molecule has 0 aliphatic carbocycles. The Labute approximate surface area is 160 Å². The van der Waals surface area contributed by atoms with Crippen molar-refractivity contribution in [3.05, 3.63) is 66.2 Å². The molecule has 5 heteroatoms. The number of hydrogen-bond acceptors (Lipinski definition) is 3. The fourth-order valence-electron chi connectivity index (χ4n) is 3.92. The Bertz CT molecular complexity index is 726. The summed E-state index contributed by atoms with van der Waals surface area (Å²) in [6, 6.07) is 21.2. The molecule has 0 aromatic heterocycles. The zero-order valence-electron chi connectivity index (χ0n) is 15.6. The Balaban J connectivity index is 1.37. The molecule has 0 bridgehead atoms. The maximum absolute atomic E-state index is 12.5. The minimum atomic E-state index is -0.0101. The second kappa shape index (κ2) is 8.55. The van der Waals surface area contributed by atoms with Gasteiger partial charge >= 0.3 is 6.03 Å². The molecule has 1 N–H and O–H groups in total. The van der Waals surface area contributed by atoms with Crippen molar-refractivity contribution in [1.29, 1.82) is 0 Å². The van der Waals surface area contributed by atoms with E-state index in [0.717, 1.165) is 51.4 Å². The van der Waals surface area contributed by atoms with Crippen molar-refractivity contribution in [2.24, 2.45) is 0 Å². The zero-order valence-corrected chi connectivity index (χ0v) is 15.6. The monoisotopic (exact) mass is 365 g/mol. The number of benzene rings is 2. The van der Waals surface area contributed by atoms with Gasteiger partial charge in [0.2, 0.25) is 0 Å². The molecule has 2 heterocycles. The standard InChI is InChI=1S/C22H27N3O2/c26-22(23-19-9-5-2-6-10-19)24-16-21(17-24)25(20-11-13-27-14-12-20)15-18-7-3-1-4-8-18/h1-10,20-21H,11-17H2,(H,23,26). The molecule has 2 saturated heterocycles. The van der Waals surface area contributed by atoms with Gasteiger partial charge in [-0.05, 0) is 30.5 Å². The number of likely N-dealkylation sites (tertiary alicyclic amines) is 1. The lowest BCUT2D eigenvalue weighted by atomic mass is 9.99. The van der Waals surface area contributed by atoms with Gasteiger partial charge in [0.05, 0.1) is 0 Å². The molecule has 0 atom stereocenters. The van der Waals surface area contributed by atoms with Crippen molar-refractivity contribution in [3.8, 4) is 0 Å². The maximum atomic E-state index is 12.5. The van der Waals surface area contributed by atoms with E-state index >= 15 is 0 Å². The summed E-state index contributed by atoms with van der Waals surface area (Å²) in [5, 5.41) is 2.98. The van der Waals surface area contributed by atoms with E-state index in [9.17, 15) is 4.79 Å². The summed E-state index contributed by atoms with van der Waals surface area (Å²) in [5.74, 6) is 0. The number of urea groups is 1. The number of carbonyl (C=O) groups is 1. The Morgan fingerprint density at radius 2 is 1.59 bits per heavy atom. The van der Waals surface area contributed by atoms with Crippen molar-refractivity contribution in [1.82, 2.24) is 9.80 Å². The first-order chi connectivity index (χ1) is 13.3. The first-order valence-corrected chi connectivity index (χ1v) is 9.78. The second-order valence-corrected chi connectivity index (χ2v) is 7.36. The number of nitrogens with one attached hydrogen (secondary N) is 1. The van der Waals surface area contributed by atoms with Crippen molar-refractivity contribution >= 4 is 11.7 Å². The highest BCUT2D eigenvalue weighted by atomic mass is 16.5. The van der Waals surface area contributed by atoms with Crippen molar-refractivity contribution < 1.29 is 9.53 Å². The number of carbonyl (C=O) groups excluding carboxylic acids is 1. The van der Waals surface area contributed by atoms with Gasteiger partial charge in [0.15, 0.2) is 0 Å². The van der Waals surface area contributed by atoms with Crippen LogP contribution in [-0.2, 0) is 11.3 Å². The average molecular weight is 365 g/mol. The summed E-state index contributed by atoms with van der Waals surface area (Å²) < 4.78 is 5.56. The van der Waals surface area contributed by atoms with Crippen LogP contribution in [-0.4, -0.2) is 54.2 Å². The van der Waals surface area contributed by atoms with Crippen LogP contribution in [0, 0.1) is 0 Å². The number of para-hydroxylation sites is 1. The first kappa shape index (κ1) is 18.0. The maximum Gasteiger partial charge on any atom is 0.321 e. The van der Waals surface area contributed by atoms with Gasteiger partial charge in [-0.2, -0.15) is 0 Å². The lowest BCUT2D eigenvalue weighted by Crippen LogP contribution is -2.64. The number of amides is 2. The zero-order chi connectivity index (χ0) is 18.5. The van der Waals surface area contributed by atoms with Gasteiger partial charge in [-0.1, -0.05) is 48.5 Å². The number of nitrogens with zero attached hydrogens (tertiary/aromatic N) is 2. The van der Waals surface area contributed by atoms with Crippen LogP contribution < -0.4 is 5.32 Å². The van der Waals surface area contributed by atoms with E-state index in [1.54, 1.807) is 0 Å². The summed E-state index contributed by atoms with van der Waals surface area (Å²) >= 11 is 0. The summed E-state index contributed by atoms with van der Waals surface area (Å²) in [4.78, 5) is 17.0. The average Bonchev–Trinajstić information content (AvgIpc) is 2.68. The Hall–Kier alpha value is -2.37. The summed E-state index contributed by atoms with van der Waals surface area (Å²) in [6.45, 7) is 4.16. The minimum absolute atomic E-state index is 0.0101. The van der Waals surface area contributed by atoms with E-state index < -0.39 is 0 Å². The first-order valence-electron chi connectivity index (χ1n) is 9.78. The van der Waals surface area contributed by atoms with Crippen molar-refractivity contribution in [2.45, 2.75) is 31.5 Å². The molecule has 2 amide bonds. The molecule has 2 aromatic carbocycles. The van der Waals surface area contributed by atoms with Crippen LogP contribution in [0.5, 0.6) is 0 Å². The molecule has 2 aliphatic rings. The molecule has 2 aliphatic heterocycles. The molecule has 0 spiro atoms. The van der Waals surface area contributed by atoms with Crippen LogP contribution in [0.15, 0.2) is 60.7 Å². The smallest absolute Gasteiger partial charge is 0.321 e. The van der Waals surface area contributed by atoms with Gasteiger partial charge in [0.25, 0.3) is 0 Å². The molecule has 4 rings (SSSR count). The highest BCUT2D eigenvalue weighted by Gasteiger charge is 2.38. The SMILES string of the molecule is O=C(Nc1ccccc1)N1CC(N(Cc2ccccc2)C2CCOCC2)C1. The highest BCUT2D eigenvalue weighted by molar-refractivity contribution is 5.89. The molecule has 2 fully saturated rings. The predicted molar refractivity (Wildman–Crippen MR) is 107 cm³/mol. The lowest BCUT2D eigenvalue weighted by molar-refractivity contribution is -0.0223. The van der Waals surface area contributed by atoms with Gasteiger partial charge < -0.3 is 15.0 Å². The number of ether oxygens (including phenoxy) is 1. The second-order valence-electron chi connectivity index (χ2n) is 7.36. The van der Waals surface area contributed by atoms with E-state index in [4.69, 9.17) is 4.74 Å². The molecule has 142 valence electrons. The Morgan fingerprint density at radius 3 is 2.26 bits per heavy atom. The van der Waals surface area contributed by atoms with Gasteiger partial charge in [0.1, 0.15) is 0 Å². The normalized spacial score (nSPS) is 18.3. The molecule has 0 unspecified atom stereocenters. The third-order valence-corrected chi connectivity index (χ3v) is 5.51. The molecule has 0 saturated carbocycles. The number of rotatable bonds is 5. The minimum Gasteiger partial charge on any atom is -0.381 e. The van der Waals surface area contributed by atoms with Crippen LogP contribution in [0.4, 0.5) is 10.5 Å². The van der Waals surface area contributed by atoms with Crippen LogP contribution >= 0.6 is 0 Å². The molecular weight excluding hydrogens is 338 g/mol. The van der Waals surface area contributed by atoms with Crippen molar-refractivity contribution in [3.63, 3.8) is 0 Å². The van der Waals surface area contributed by atoms with Crippen LogP contribution in [0.25, 0.3) is 0 Å². The highest BCUT2D eigenvalue weighted by Crippen LogP contribution is 2.25. The van der Waals surface area contributed by atoms with Gasteiger partial charge in [-0.25, -0.2) is 4.79 Å². The fraction of sp³-hybridized carbons (Fsp3) is 0.409. The largest absolute Gasteiger partial charge is 0.381 e. The summed E-state index contributed by atoms with van der Waals surface area (Å²) in [5.41, 5.74) is 2.17. The number of anilines is 1. The van der Waals surface area contributed by atoms with Gasteiger partial charge in [0, 0.05) is 50.6 Å². The van der Waals surface area contributed by atoms with Gasteiger partial charge in [-0.3, -0.25) is 4.90 Å². The summed E-state index contributed by atoms with van der Waals surface area (Å²) in [7, 11) is 0. The van der Waals surface area contributed by atoms with Crippen LogP contribution in [0.1, 0.15) is 18.4 Å². The van der Waals surface area contributed by atoms with E-state index in [1.807, 2.05) is 35.2 Å². The molecular formula is C22H27N3O2. The van der Waals surface area contributed by atoms with E-state index in [2.05, 4.69) is 40.5 Å². The van der Waals surface area contributed by atoms with Crippen molar-refractivity contribution in [2.75, 3.05) is 31.6 Å². The fourth-order valence-corrected chi connectivity index (χ4v) is 3.92. The molecule has 2 aromatic rings. The Kier molecular flexibility index (Phi) is 5.70. The van der Waals surface area contributed by atoms with E-state index in [-0.39, 0.29) is 6.03 Å². The van der Waals surface area contributed by atoms with Crippen LogP contribution in [0.3, 0.4) is 0 Å². The summed E-state index contributed by atoms with van der Waals surface area (Å²) in [6.07, 6.45) is 2.14. The van der Waals surface area contributed by atoms with Crippen LogP contribution in [0.2, 0.25) is 0 Å². The van der Waals surface area contributed by atoms with Gasteiger partial charge in [-0.15, -0.1) is 0 Å². The molecule has 0 radical (unpaired) electrons. The predicted octanol–water partition coefficient (Wildman–Crippen LogP) is 3.58. The third kappa shape index (κ3) is 4.49. The van der Waals surface area contributed by atoms with E-state index in [0.29, 0.717) is 12.1 Å². The Morgan fingerprint density at radius 1 is 0.963 bits per heavy atom. The third-order valence-electron chi connectivity index (χ3n) is 5.51. The van der Waals surface area contributed by atoms with E-state index in [1.165, 1.54) is 5.56 Å². The topological polar surface area (TPSA) is 44.8 Å². The lowest BCUT2D eigenvalue weighted by Gasteiger charge is -2.49.